The molecule has 0 bridgehead atoms. The van der Waals surface area contributed by atoms with Crippen LogP contribution in [0.3, 0.4) is 0 Å². The summed E-state index contributed by atoms with van der Waals surface area (Å²) in [6, 6.07) is 0.175. The maximum Gasteiger partial charge on any atom is 0.322 e. The number of hydrogen-bond acceptors (Lipinski definition) is 9. The smallest absolute Gasteiger partial charge is 0.322 e. The fraction of sp³-hybridized carbons (Fsp3) is 0.455. The average molecular weight is 295 g/mol. The van der Waals surface area contributed by atoms with Crippen molar-refractivity contribution in [1.29, 1.82) is 0 Å². The number of nitrogens with two attached hydrogens (primary N) is 1. The van der Waals surface area contributed by atoms with Crippen molar-refractivity contribution in [3.8, 4) is 6.01 Å². The summed E-state index contributed by atoms with van der Waals surface area (Å²) in [6.07, 6.45) is 2.87. The minimum absolute atomic E-state index is 0.0157. The summed E-state index contributed by atoms with van der Waals surface area (Å²) >= 11 is 1.66. The van der Waals surface area contributed by atoms with Crippen LogP contribution in [-0.2, 0) is 6.42 Å². The monoisotopic (exact) mass is 295 g/mol. The molecule has 1 unspecified atom stereocenters. The summed E-state index contributed by atoms with van der Waals surface area (Å²) in [6.45, 7) is 4.09. The van der Waals surface area contributed by atoms with Crippen molar-refractivity contribution in [1.82, 2.24) is 19.9 Å². The molecule has 2 rings (SSSR count). The third-order valence-corrected chi connectivity index (χ3v) is 3.89. The molecule has 0 radical (unpaired) electrons. The Kier molecular flexibility index (Phi) is 4.64. The summed E-state index contributed by atoms with van der Waals surface area (Å²) in [5.74, 6) is 5.93. The summed E-state index contributed by atoms with van der Waals surface area (Å²) < 4.78 is 5.00. The predicted octanol–water partition coefficient (Wildman–Crippen LogP) is 1.36. The van der Waals surface area contributed by atoms with Crippen LogP contribution in [0.15, 0.2) is 6.20 Å². The van der Waals surface area contributed by atoms with Gasteiger partial charge in [-0.05, 0) is 13.3 Å². The molecule has 0 saturated heterocycles. The van der Waals surface area contributed by atoms with Crippen molar-refractivity contribution in [2.45, 2.75) is 26.3 Å². The van der Waals surface area contributed by atoms with Crippen LogP contribution in [0.1, 0.15) is 29.8 Å². The van der Waals surface area contributed by atoms with E-state index in [9.17, 15) is 0 Å². The molecule has 0 saturated carbocycles. The highest BCUT2D eigenvalue weighted by Gasteiger charge is 2.13. The number of nitrogen functional groups attached to an aromatic ring is 1. The number of aryl methyl sites for hydroxylation is 1. The first-order valence-electron chi connectivity index (χ1n) is 6.14. The third-order valence-electron chi connectivity index (χ3n) is 2.56. The Balaban J connectivity index is 2.15. The zero-order valence-corrected chi connectivity index (χ0v) is 12.4. The number of nitrogens with zero attached hydrogens (tertiary/aromatic N) is 4. The fourth-order valence-corrected chi connectivity index (χ4v) is 2.38. The largest absolute Gasteiger partial charge is 0.467 e. The van der Waals surface area contributed by atoms with Crippen molar-refractivity contribution in [3.05, 3.63) is 16.1 Å². The molecule has 2 aromatic heterocycles. The first-order valence-corrected chi connectivity index (χ1v) is 6.95. The minimum Gasteiger partial charge on any atom is -0.467 e. The molecule has 2 aromatic rings. The summed E-state index contributed by atoms with van der Waals surface area (Å²) in [4.78, 5) is 17.8. The predicted molar refractivity (Wildman–Crippen MR) is 77.7 cm³/mol. The molecule has 0 amide bonds. The Morgan fingerprint density at radius 1 is 1.35 bits per heavy atom. The van der Waals surface area contributed by atoms with Crippen LogP contribution in [0.4, 0.5) is 11.9 Å². The van der Waals surface area contributed by atoms with Gasteiger partial charge < -0.3 is 10.1 Å². The molecule has 0 aliphatic carbocycles. The molecule has 0 aliphatic rings. The van der Waals surface area contributed by atoms with Gasteiger partial charge in [-0.25, -0.2) is 10.8 Å². The quantitative estimate of drug-likeness (QED) is 0.541. The van der Waals surface area contributed by atoms with Gasteiger partial charge in [0.05, 0.1) is 13.2 Å². The molecule has 0 aromatic carbocycles. The van der Waals surface area contributed by atoms with Gasteiger partial charge in [-0.1, -0.05) is 6.92 Å². The molecule has 2 heterocycles. The Bertz CT molecular complexity index is 551. The molecule has 0 spiro atoms. The normalized spacial score (nSPS) is 12.0. The van der Waals surface area contributed by atoms with E-state index in [-0.39, 0.29) is 18.0 Å². The number of methoxy groups -OCH3 is 1. The Hall–Kier alpha value is -2.00. The van der Waals surface area contributed by atoms with E-state index in [0.717, 1.165) is 11.4 Å². The Morgan fingerprint density at radius 2 is 2.10 bits per heavy atom. The number of aromatic nitrogens is 4. The van der Waals surface area contributed by atoms with Gasteiger partial charge in [-0.15, -0.1) is 11.3 Å². The van der Waals surface area contributed by atoms with Gasteiger partial charge in [0.25, 0.3) is 0 Å². The highest BCUT2D eigenvalue weighted by Crippen LogP contribution is 2.23. The number of nitrogens with one attached hydrogen (secondary N) is 2. The van der Waals surface area contributed by atoms with Gasteiger partial charge in [0.2, 0.25) is 11.9 Å². The molecule has 4 N–H and O–H groups in total. The maximum atomic E-state index is 5.31. The van der Waals surface area contributed by atoms with Gasteiger partial charge in [-0.3, -0.25) is 5.43 Å². The number of hydrazine groups is 1. The van der Waals surface area contributed by atoms with E-state index in [2.05, 4.69) is 37.6 Å². The fourth-order valence-electron chi connectivity index (χ4n) is 1.52. The van der Waals surface area contributed by atoms with E-state index in [1.54, 1.807) is 11.3 Å². The SMILES string of the molecule is CCc1cnc(C(C)Nc2nc(NN)nc(OC)n2)s1. The van der Waals surface area contributed by atoms with Crippen molar-refractivity contribution < 1.29 is 4.74 Å². The maximum absolute atomic E-state index is 5.31. The van der Waals surface area contributed by atoms with Crippen LogP contribution in [0.25, 0.3) is 0 Å². The van der Waals surface area contributed by atoms with Crippen LogP contribution < -0.4 is 21.3 Å². The molecule has 0 fully saturated rings. The van der Waals surface area contributed by atoms with Crippen LogP contribution in [0, 0.1) is 0 Å². The summed E-state index contributed by atoms with van der Waals surface area (Å²) in [7, 11) is 1.48. The van der Waals surface area contributed by atoms with Crippen LogP contribution >= 0.6 is 11.3 Å². The van der Waals surface area contributed by atoms with Gasteiger partial charge in [-0.2, -0.15) is 15.0 Å². The second-order valence-electron chi connectivity index (χ2n) is 4.00. The summed E-state index contributed by atoms with van der Waals surface area (Å²) in [5, 5.41) is 4.13. The molecular weight excluding hydrogens is 278 g/mol. The van der Waals surface area contributed by atoms with Gasteiger partial charge >= 0.3 is 6.01 Å². The Labute approximate surface area is 120 Å². The zero-order chi connectivity index (χ0) is 14.5. The number of rotatable bonds is 6. The number of thiazole rings is 1. The lowest BCUT2D eigenvalue weighted by atomic mass is 10.3. The van der Waals surface area contributed by atoms with E-state index in [4.69, 9.17) is 10.6 Å². The molecule has 0 aliphatic heterocycles. The van der Waals surface area contributed by atoms with Crippen LogP contribution in [0.5, 0.6) is 6.01 Å². The first kappa shape index (κ1) is 14.4. The van der Waals surface area contributed by atoms with E-state index < -0.39 is 0 Å². The Morgan fingerprint density at radius 3 is 2.70 bits per heavy atom. The van der Waals surface area contributed by atoms with E-state index in [0.29, 0.717) is 5.95 Å². The van der Waals surface area contributed by atoms with Crippen LogP contribution in [-0.4, -0.2) is 27.0 Å². The molecule has 1 atom stereocenters. The number of ether oxygens (including phenoxy) is 1. The van der Waals surface area contributed by atoms with Crippen molar-refractivity contribution >= 4 is 23.2 Å². The van der Waals surface area contributed by atoms with Gasteiger partial charge in [0, 0.05) is 11.1 Å². The van der Waals surface area contributed by atoms with E-state index in [1.165, 1.54) is 12.0 Å². The average Bonchev–Trinajstić information content (AvgIpc) is 2.95. The second kappa shape index (κ2) is 6.44. The van der Waals surface area contributed by atoms with Crippen LogP contribution in [0.2, 0.25) is 0 Å². The van der Waals surface area contributed by atoms with Gasteiger partial charge in [0.15, 0.2) is 0 Å². The second-order valence-corrected chi connectivity index (χ2v) is 5.14. The lowest BCUT2D eigenvalue weighted by Gasteiger charge is -2.12. The highest BCUT2D eigenvalue weighted by molar-refractivity contribution is 7.11. The van der Waals surface area contributed by atoms with E-state index in [1.807, 2.05) is 13.1 Å². The standard InChI is InChI=1S/C11H17N7OS/c1-4-7-5-13-8(20-7)6(2)14-9-15-10(18-12)17-11(16-9)19-3/h5-6H,4,12H2,1-3H3,(H2,14,15,16,17,18). The number of hydrogen-bond donors (Lipinski definition) is 3. The lowest BCUT2D eigenvalue weighted by molar-refractivity contribution is 0.379. The van der Waals surface area contributed by atoms with Crippen molar-refractivity contribution in [2.75, 3.05) is 17.9 Å². The third kappa shape index (κ3) is 3.31. The zero-order valence-electron chi connectivity index (χ0n) is 11.5. The minimum atomic E-state index is -0.0157. The highest BCUT2D eigenvalue weighted by atomic mass is 32.1. The molecule has 8 nitrogen and oxygen atoms in total. The van der Waals surface area contributed by atoms with Crippen molar-refractivity contribution in [3.63, 3.8) is 0 Å². The van der Waals surface area contributed by atoms with E-state index >= 15 is 0 Å². The molecule has 20 heavy (non-hydrogen) atoms. The number of anilines is 2. The molecular formula is C11H17N7OS. The first-order chi connectivity index (χ1) is 9.66. The molecule has 108 valence electrons. The molecule has 9 heteroatoms. The summed E-state index contributed by atoms with van der Waals surface area (Å²) in [5.41, 5.74) is 2.37. The topological polar surface area (TPSA) is 111 Å². The van der Waals surface area contributed by atoms with Crippen molar-refractivity contribution in [2.24, 2.45) is 5.84 Å². The lowest BCUT2D eigenvalue weighted by Crippen LogP contribution is -2.15. The van der Waals surface area contributed by atoms with Gasteiger partial charge in [0.1, 0.15) is 5.01 Å².